The molecular weight excluding hydrogens is 216 g/mol. The number of carbonyl (C=O) groups is 1. The van der Waals surface area contributed by atoms with Crippen molar-refractivity contribution in [2.45, 2.75) is 32.3 Å². The van der Waals surface area contributed by atoms with E-state index >= 15 is 0 Å². The van der Waals surface area contributed by atoms with E-state index in [1.165, 1.54) is 0 Å². The molecule has 3 nitrogen and oxygen atoms in total. The van der Waals surface area contributed by atoms with Gasteiger partial charge in [0.1, 0.15) is 11.5 Å². The summed E-state index contributed by atoms with van der Waals surface area (Å²) in [4.78, 5) is 11.9. The number of ketones is 1. The lowest BCUT2D eigenvalue weighted by molar-refractivity contribution is -0.123. The van der Waals surface area contributed by atoms with Crippen molar-refractivity contribution >= 4 is 5.78 Å². The van der Waals surface area contributed by atoms with Gasteiger partial charge in [-0.15, -0.1) is 0 Å². The second-order valence-corrected chi connectivity index (χ2v) is 4.67. The Kier molecular flexibility index (Phi) is 4.70. The van der Waals surface area contributed by atoms with Crippen molar-refractivity contribution in [2.75, 3.05) is 14.2 Å². The van der Waals surface area contributed by atoms with Crippen molar-refractivity contribution in [2.24, 2.45) is 0 Å². The smallest absolute Gasteiger partial charge is 0.140 e. The highest BCUT2D eigenvalue weighted by Gasteiger charge is 2.21. The van der Waals surface area contributed by atoms with Crippen molar-refractivity contribution in [3.05, 3.63) is 29.8 Å². The van der Waals surface area contributed by atoms with Crippen molar-refractivity contribution in [1.29, 1.82) is 0 Å². The molecule has 0 atom stereocenters. The first-order chi connectivity index (χ1) is 7.98. The van der Waals surface area contributed by atoms with Gasteiger partial charge in [0.2, 0.25) is 0 Å². The molecule has 0 saturated heterocycles. The predicted octanol–water partition coefficient (Wildman–Crippen LogP) is 2.62. The largest absolute Gasteiger partial charge is 0.496 e. The Morgan fingerprint density at radius 3 is 2.47 bits per heavy atom. The molecule has 0 radical (unpaired) electrons. The topological polar surface area (TPSA) is 35.5 Å². The van der Waals surface area contributed by atoms with Crippen molar-refractivity contribution in [3.63, 3.8) is 0 Å². The Bertz CT molecular complexity index is 383. The molecule has 0 aliphatic carbocycles. The van der Waals surface area contributed by atoms with E-state index in [-0.39, 0.29) is 5.78 Å². The maximum absolute atomic E-state index is 11.9. The summed E-state index contributed by atoms with van der Waals surface area (Å²) in [7, 11) is 3.23. The zero-order valence-corrected chi connectivity index (χ0v) is 10.9. The van der Waals surface area contributed by atoms with Gasteiger partial charge in [0.25, 0.3) is 0 Å². The summed E-state index contributed by atoms with van der Waals surface area (Å²) in [5.41, 5.74) is 0.519. The SMILES string of the molecule is COc1ccccc1CC(=O)CC(C)(C)OC. The summed E-state index contributed by atoms with van der Waals surface area (Å²) in [6, 6.07) is 7.58. The van der Waals surface area contributed by atoms with Gasteiger partial charge in [0.15, 0.2) is 0 Å². The molecule has 0 N–H and O–H groups in total. The van der Waals surface area contributed by atoms with Gasteiger partial charge in [-0.05, 0) is 19.9 Å². The Morgan fingerprint density at radius 2 is 1.88 bits per heavy atom. The van der Waals surface area contributed by atoms with E-state index in [0.717, 1.165) is 11.3 Å². The zero-order valence-electron chi connectivity index (χ0n) is 10.9. The molecule has 0 saturated carbocycles. The van der Waals surface area contributed by atoms with Crippen LogP contribution in [-0.4, -0.2) is 25.6 Å². The standard InChI is InChI=1S/C14H20O3/c1-14(2,17-4)10-12(15)9-11-7-5-6-8-13(11)16-3/h5-8H,9-10H2,1-4H3. The lowest BCUT2D eigenvalue weighted by atomic mass is 9.97. The van der Waals surface area contributed by atoms with E-state index in [1.807, 2.05) is 38.1 Å². The number of methoxy groups -OCH3 is 2. The minimum absolute atomic E-state index is 0.154. The van der Waals surface area contributed by atoms with Gasteiger partial charge in [-0.3, -0.25) is 4.79 Å². The maximum atomic E-state index is 11.9. The highest BCUT2D eigenvalue weighted by Crippen LogP contribution is 2.20. The minimum Gasteiger partial charge on any atom is -0.496 e. The van der Waals surface area contributed by atoms with E-state index in [9.17, 15) is 4.79 Å². The fourth-order valence-corrected chi connectivity index (χ4v) is 1.67. The molecule has 0 unspecified atom stereocenters. The van der Waals surface area contributed by atoms with Gasteiger partial charge in [-0.1, -0.05) is 18.2 Å². The van der Waals surface area contributed by atoms with Crippen LogP contribution in [-0.2, 0) is 16.0 Å². The number of rotatable bonds is 6. The van der Waals surface area contributed by atoms with Crippen LogP contribution < -0.4 is 4.74 Å². The molecule has 0 aromatic heterocycles. The molecule has 1 rings (SSSR count). The van der Waals surface area contributed by atoms with Gasteiger partial charge in [0.05, 0.1) is 12.7 Å². The molecule has 0 heterocycles. The van der Waals surface area contributed by atoms with Crippen LogP contribution in [0.5, 0.6) is 5.75 Å². The molecule has 1 aromatic rings. The number of ether oxygens (including phenoxy) is 2. The first-order valence-electron chi connectivity index (χ1n) is 5.67. The summed E-state index contributed by atoms with van der Waals surface area (Å²) < 4.78 is 10.5. The number of para-hydroxylation sites is 1. The molecule has 0 amide bonds. The van der Waals surface area contributed by atoms with Crippen LogP contribution in [0.4, 0.5) is 0 Å². The van der Waals surface area contributed by atoms with Crippen molar-refractivity contribution in [1.82, 2.24) is 0 Å². The normalized spacial score (nSPS) is 11.3. The quantitative estimate of drug-likeness (QED) is 0.761. The number of Topliss-reactive ketones (excluding diaryl/α,β-unsaturated/α-hetero) is 1. The van der Waals surface area contributed by atoms with Crippen LogP contribution in [0.3, 0.4) is 0 Å². The number of hydrogen-bond acceptors (Lipinski definition) is 3. The fourth-order valence-electron chi connectivity index (χ4n) is 1.67. The number of carbonyl (C=O) groups excluding carboxylic acids is 1. The lowest BCUT2D eigenvalue weighted by Crippen LogP contribution is -2.27. The summed E-state index contributed by atoms with van der Waals surface area (Å²) in [6.45, 7) is 3.82. The summed E-state index contributed by atoms with van der Waals surface area (Å²) in [5.74, 6) is 0.914. The van der Waals surface area contributed by atoms with Crippen LogP contribution in [0.25, 0.3) is 0 Å². The average molecular weight is 236 g/mol. The fraction of sp³-hybridized carbons (Fsp3) is 0.500. The Balaban J connectivity index is 2.68. The summed E-state index contributed by atoms with van der Waals surface area (Å²) >= 11 is 0. The second-order valence-electron chi connectivity index (χ2n) is 4.67. The van der Waals surface area contributed by atoms with Crippen LogP contribution >= 0.6 is 0 Å². The van der Waals surface area contributed by atoms with Crippen LogP contribution in [0.2, 0.25) is 0 Å². The third-order valence-corrected chi connectivity index (χ3v) is 2.76. The summed E-state index contributed by atoms with van der Waals surface area (Å²) in [5, 5.41) is 0. The number of hydrogen-bond donors (Lipinski definition) is 0. The first-order valence-corrected chi connectivity index (χ1v) is 5.67. The first kappa shape index (κ1) is 13.7. The molecule has 0 spiro atoms. The number of benzene rings is 1. The highest BCUT2D eigenvalue weighted by molar-refractivity contribution is 5.82. The average Bonchev–Trinajstić information content (AvgIpc) is 2.29. The molecule has 94 valence electrons. The lowest BCUT2D eigenvalue weighted by Gasteiger charge is -2.21. The van der Waals surface area contributed by atoms with Crippen molar-refractivity contribution in [3.8, 4) is 5.75 Å². The van der Waals surface area contributed by atoms with E-state index in [1.54, 1.807) is 14.2 Å². The predicted molar refractivity (Wildman–Crippen MR) is 67.4 cm³/mol. The Hall–Kier alpha value is -1.35. The van der Waals surface area contributed by atoms with Gasteiger partial charge < -0.3 is 9.47 Å². The van der Waals surface area contributed by atoms with Crippen LogP contribution in [0.1, 0.15) is 25.8 Å². The van der Waals surface area contributed by atoms with Gasteiger partial charge in [0, 0.05) is 25.5 Å². The van der Waals surface area contributed by atoms with Crippen molar-refractivity contribution < 1.29 is 14.3 Å². The highest BCUT2D eigenvalue weighted by atomic mass is 16.5. The zero-order chi connectivity index (χ0) is 12.9. The Morgan fingerprint density at radius 1 is 1.24 bits per heavy atom. The molecule has 3 heteroatoms. The second kappa shape index (κ2) is 5.82. The van der Waals surface area contributed by atoms with Crippen LogP contribution in [0.15, 0.2) is 24.3 Å². The Labute approximate surface area is 103 Å². The van der Waals surface area contributed by atoms with Gasteiger partial charge in [-0.2, -0.15) is 0 Å². The monoisotopic (exact) mass is 236 g/mol. The third-order valence-electron chi connectivity index (χ3n) is 2.76. The third kappa shape index (κ3) is 4.19. The molecule has 0 bridgehead atoms. The van der Waals surface area contributed by atoms with E-state index < -0.39 is 5.60 Å². The van der Waals surface area contributed by atoms with E-state index in [2.05, 4.69) is 0 Å². The molecule has 0 fully saturated rings. The molecule has 0 aliphatic heterocycles. The maximum Gasteiger partial charge on any atom is 0.140 e. The van der Waals surface area contributed by atoms with Crippen LogP contribution in [0, 0.1) is 0 Å². The van der Waals surface area contributed by atoms with E-state index in [4.69, 9.17) is 9.47 Å². The molecular formula is C14H20O3. The minimum atomic E-state index is -0.404. The van der Waals surface area contributed by atoms with E-state index in [0.29, 0.717) is 12.8 Å². The van der Waals surface area contributed by atoms with Gasteiger partial charge >= 0.3 is 0 Å². The molecule has 1 aromatic carbocycles. The van der Waals surface area contributed by atoms with Gasteiger partial charge in [-0.25, -0.2) is 0 Å². The summed E-state index contributed by atoms with van der Waals surface area (Å²) in [6.07, 6.45) is 0.790. The molecule has 0 aliphatic rings. The molecule has 17 heavy (non-hydrogen) atoms.